The van der Waals surface area contributed by atoms with Crippen LogP contribution in [0.3, 0.4) is 0 Å². The van der Waals surface area contributed by atoms with Gasteiger partial charge in [-0.15, -0.1) is 0 Å². The van der Waals surface area contributed by atoms with Gasteiger partial charge in [-0.2, -0.15) is 22.0 Å². The highest BCUT2D eigenvalue weighted by atomic mass is 32.2. The minimum absolute atomic E-state index is 0.0614. The molecule has 3 aromatic carbocycles. The predicted octanol–water partition coefficient (Wildman–Crippen LogP) is 7.10. The third-order valence-electron chi connectivity index (χ3n) is 9.04. The Labute approximate surface area is 248 Å². The first-order valence-electron chi connectivity index (χ1n) is 13.6. The van der Waals surface area contributed by atoms with E-state index in [0.29, 0.717) is 31.7 Å². The quantitative estimate of drug-likeness (QED) is 0.277. The van der Waals surface area contributed by atoms with Crippen molar-refractivity contribution >= 4 is 21.7 Å². The molecule has 2 fully saturated rings. The summed E-state index contributed by atoms with van der Waals surface area (Å²) in [4.78, 5) is 11.5. The first kappa shape index (κ1) is 30.1. The zero-order valence-corrected chi connectivity index (χ0v) is 23.6. The number of hydrogen-bond acceptors (Lipinski definition) is 5. The van der Waals surface area contributed by atoms with Gasteiger partial charge in [0.1, 0.15) is 23.4 Å². The summed E-state index contributed by atoms with van der Waals surface area (Å²) in [6.07, 6.45) is -3.66. The largest absolute Gasteiger partial charge is 0.486 e. The van der Waals surface area contributed by atoms with Crippen LogP contribution in [0, 0.1) is 16.6 Å². The van der Waals surface area contributed by atoms with Crippen molar-refractivity contribution in [1.82, 2.24) is 0 Å². The van der Waals surface area contributed by atoms with Crippen LogP contribution in [0.15, 0.2) is 65.6 Å². The monoisotopic (exact) mass is 641 g/mol. The van der Waals surface area contributed by atoms with Crippen molar-refractivity contribution in [2.24, 2.45) is 10.8 Å². The van der Waals surface area contributed by atoms with Crippen LogP contribution in [0.1, 0.15) is 37.7 Å². The molecule has 1 atom stereocenters. The van der Waals surface area contributed by atoms with E-state index in [9.17, 15) is 44.7 Å². The number of alkyl halides is 5. The molecule has 0 amide bonds. The van der Waals surface area contributed by atoms with Gasteiger partial charge in [-0.05, 0) is 85.7 Å². The van der Waals surface area contributed by atoms with Crippen molar-refractivity contribution in [2.75, 3.05) is 10.8 Å². The number of carboxylic acid groups (broad SMARTS) is 1. The molecule has 0 aromatic heterocycles. The van der Waals surface area contributed by atoms with E-state index in [1.807, 2.05) is 0 Å². The lowest BCUT2D eigenvalue weighted by molar-refractivity contribution is -0.148. The van der Waals surface area contributed by atoms with E-state index >= 15 is 0 Å². The second-order valence-electron chi connectivity index (χ2n) is 11.5. The number of halogens is 6. The Balaban J connectivity index is 1.46. The van der Waals surface area contributed by atoms with Crippen molar-refractivity contribution < 1.29 is 54.1 Å². The van der Waals surface area contributed by atoms with Crippen LogP contribution >= 0.6 is 0 Å². The number of carbonyl (C=O) groups is 1. The number of anilines is 1. The number of carboxylic acids is 1. The Hall–Kier alpha value is -3.94. The topological polar surface area (TPSA) is 93.1 Å². The maximum Gasteiger partial charge on any atom is 0.416 e. The van der Waals surface area contributed by atoms with Gasteiger partial charge < -0.3 is 14.6 Å². The Bertz CT molecular complexity index is 1740. The first-order valence-corrected chi connectivity index (χ1v) is 15.1. The van der Waals surface area contributed by atoms with Crippen molar-refractivity contribution in [2.45, 2.75) is 55.9 Å². The molecule has 0 unspecified atom stereocenters. The van der Waals surface area contributed by atoms with Crippen LogP contribution in [0.4, 0.5) is 32.0 Å². The van der Waals surface area contributed by atoms with Crippen LogP contribution < -0.4 is 13.8 Å². The van der Waals surface area contributed by atoms with Crippen LogP contribution in [-0.2, 0) is 21.0 Å². The molecule has 2 saturated carbocycles. The molecule has 14 heteroatoms. The van der Waals surface area contributed by atoms with Crippen molar-refractivity contribution in [3.05, 3.63) is 72.0 Å². The first-order chi connectivity index (χ1) is 20.6. The van der Waals surface area contributed by atoms with Gasteiger partial charge in [0, 0.05) is 11.5 Å². The second kappa shape index (κ2) is 10.3. The normalized spacial score (nSPS) is 24.7. The van der Waals surface area contributed by atoms with E-state index in [0.717, 1.165) is 40.7 Å². The number of benzene rings is 3. The van der Waals surface area contributed by atoms with E-state index in [2.05, 4.69) is 4.74 Å². The van der Waals surface area contributed by atoms with Gasteiger partial charge in [-0.25, -0.2) is 12.8 Å². The summed E-state index contributed by atoms with van der Waals surface area (Å²) >= 11 is 0. The Morgan fingerprint density at radius 2 is 1.73 bits per heavy atom. The second-order valence-corrected chi connectivity index (χ2v) is 13.4. The van der Waals surface area contributed by atoms with Gasteiger partial charge in [0.25, 0.3) is 10.0 Å². The number of rotatable bonds is 7. The molecule has 0 saturated heterocycles. The van der Waals surface area contributed by atoms with Gasteiger partial charge in [0.15, 0.2) is 0 Å². The van der Waals surface area contributed by atoms with Crippen molar-refractivity contribution in [3.8, 4) is 22.6 Å². The summed E-state index contributed by atoms with van der Waals surface area (Å²) in [5, 5.41) is 9.89. The molecule has 3 aliphatic rings. The third kappa shape index (κ3) is 5.12. The van der Waals surface area contributed by atoms with Crippen molar-refractivity contribution in [3.63, 3.8) is 0 Å². The standard InChI is InChI=1S/C30H25F6NO6S/c31-20-10-18(11-21(14-20)42-27(32)33)17-4-5-24-23(12-17)37(44(40,41)22-3-1-2-19(13-22)30(34,35)36)15-25(43-24)28-6-8-29(16-28,9-7-28)26(38)39/h1-5,10-14,25,27H,6-9,15-16H2,(H,38,39)/t25-,28?,29?/m0/s1. The molecular formula is C30H25F6NO6S. The van der Waals surface area contributed by atoms with E-state index in [-0.39, 0.29) is 35.5 Å². The smallest absolute Gasteiger partial charge is 0.416 e. The molecule has 44 heavy (non-hydrogen) atoms. The van der Waals surface area contributed by atoms with Crippen LogP contribution in [-0.4, -0.2) is 38.8 Å². The zero-order valence-electron chi connectivity index (χ0n) is 22.8. The van der Waals surface area contributed by atoms with Crippen LogP contribution in [0.2, 0.25) is 0 Å². The average Bonchev–Trinajstić information content (AvgIpc) is 3.55. The lowest BCUT2D eigenvalue weighted by atomic mass is 9.78. The highest BCUT2D eigenvalue weighted by Crippen LogP contribution is 2.64. The molecule has 1 aliphatic heterocycles. The molecule has 2 aliphatic carbocycles. The van der Waals surface area contributed by atoms with Gasteiger partial charge in [-0.3, -0.25) is 9.10 Å². The minimum Gasteiger partial charge on any atom is -0.486 e. The van der Waals surface area contributed by atoms with E-state index in [1.54, 1.807) is 0 Å². The summed E-state index contributed by atoms with van der Waals surface area (Å²) in [5.74, 6) is -2.24. The molecular weight excluding hydrogens is 616 g/mol. The highest BCUT2D eigenvalue weighted by molar-refractivity contribution is 7.92. The number of sulfonamides is 1. The Kier molecular flexibility index (Phi) is 7.06. The molecule has 6 rings (SSSR count). The van der Waals surface area contributed by atoms with Gasteiger partial charge >= 0.3 is 18.8 Å². The molecule has 234 valence electrons. The molecule has 0 radical (unpaired) electrons. The molecule has 0 spiro atoms. The average molecular weight is 642 g/mol. The third-order valence-corrected chi connectivity index (χ3v) is 10.8. The number of hydrogen-bond donors (Lipinski definition) is 1. The van der Waals surface area contributed by atoms with Crippen LogP contribution in [0.5, 0.6) is 11.5 Å². The number of fused-ring (bicyclic) bond motifs is 3. The molecule has 7 nitrogen and oxygen atoms in total. The lowest BCUT2D eigenvalue weighted by Gasteiger charge is -2.43. The maximum atomic E-state index is 14.3. The molecule has 1 heterocycles. The van der Waals surface area contributed by atoms with Crippen molar-refractivity contribution in [1.29, 1.82) is 0 Å². The lowest BCUT2D eigenvalue weighted by Crippen LogP contribution is -2.50. The fourth-order valence-electron chi connectivity index (χ4n) is 6.82. The zero-order chi connectivity index (χ0) is 31.7. The molecule has 3 aromatic rings. The summed E-state index contributed by atoms with van der Waals surface area (Å²) in [5.41, 5.74) is -2.60. The van der Waals surface area contributed by atoms with E-state index in [4.69, 9.17) is 4.74 Å². The number of aliphatic carboxylic acids is 1. The van der Waals surface area contributed by atoms with E-state index < -0.39 is 67.7 Å². The molecule has 1 N–H and O–H groups in total. The minimum atomic E-state index is -4.81. The SMILES string of the molecule is O=C(O)C12CCC([C@@H]3CN(S(=O)(=O)c4cccc(C(F)(F)F)c4)c4cc(-c5cc(F)cc(OC(F)F)c5)ccc4O3)(CC1)C2. The maximum absolute atomic E-state index is 14.3. The highest BCUT2D eigenvalue weighted by Gasteiger charge is 2.62. The van der Waals surface area contributed by atoms with Gasteiger partial charge in [-0.1, -0.05) is 12.1 Å². The summed E-state index contributed by atoms with van der Waals surface area (Å²) in [6, 6.07) is 10.4. The fourth-order valence-corrected chi connectivity index (χ4v) is 8.33. The summed E-state index contributed by atoms with van der Waals surface area (Å²) in [6.45, 7) is -3.55. The fraction of sp³-hybridized carbons (Fsp3) is 0.367. The van der Waals surface area contributed by atoms with Gasteiger partial charge in [0.2, 0.25) is 0 Å². The summed E-state index contributed by atoms with van der Waals surface area (Å²) < 4.78 is 120. The molecule has 2 bridgehead atoms. The number of nitrogens with zero attached hydrogens (tertiary/aromatic N) is 1. The van der Waals surface area contributed by atoms with Gasteiger partial charge in [0.05, 0.1) is 28.1 Å². The summed E-state index contributed by atoms with van der Waals surface area (Å²) in [7, 11) is -4.67. The number of ether oxygens (including phenoxy) is 2. The Morgan fingerprint density at radius 3 is 2.36 bits per heavy atom. The predicted molar refractivity (Wildman–Crippen MR) is 144 cm³/mol. The van der Waals surface area contributed by atoms with Crippen LogP contribution in [0.25, 0.3) is 11.1 Å². The Morgan fingerprint density at radius 1 is 1.00 bits per heavy atom. The van der Waals surface area contributed by atoms with E-state index in [1.165, 1.54) is 18.2 Å².